The Morgan fingerprint density at radius 1 is 1.04 bits per heavy atom. The molecule has 0 bridgehead atoms. The van der Waals surface area contributed by atoms with Crippen LogP contribution in [0.4, 0.5) is 5.69 Å². The average Bonchev–Trinajstić information content (AvgIpc) is 2.64. The van der Waals surface area contributed by atoms with Crippen molar-refractivity contribution in [1.29, 1.82) is 0 Å². The number of rotatable bonds is 9. The monoisotopic (exact) mass is 449 g/mol. The Morgan fingerprint density at radius 2 is 1.79 bits per heavy atom. The van der Waals surface area contributed by atoms with E-state index in [2.05, 4.69) is 42.0 Å². The van der Waals surface area contributed by atoms with Crippen LogP contribution in [0.15, 0.2) is 46.9 Å². The van der Waals surface area contributed by atoms with Gasteiger partial charge in [-0.15, -0.1) is 0 Å². The van der Waals surface area contributed by atoms with E-state index in [9.17, 15) is 4.79 Å². The van der Waals surface area contributed by atoms with E-state index in [-0.39, 0.29) is 17.9 Å². The van der Waals surface area contributed by atoms with E-state index in [1.807, 2.05) is 43.3 Å². The van der Waals surface area contributed by atoms with Crippen LogP contribution in [-0.2, 0) is 14.9 Å². The summed E-state index contributed by atoms with van der Waals surface area (Å²) >= 11 is 3.49. The van der Waals surface area contributed by atoms with Gasteiger partial charge in [-0.05, 0) is 42.7 Å². The molecule has 0 radical (unpaired) electrons. The normalized spacial score (nSPS) is 11.2. The molecule has 0 unspecified atom stereocenters. The second-order valence-corrected chi connectivity index (χ2v) is 8.18. The van der Waals surface area contributed by atoms with E-state index >= 15 is 0 Å². The molecule has 0 fully saturated rings. The first-order valence-corrected chi connectivity index (χ1v) is 10.1. The molecule has 28 heavy (non-hydrogen) atoms. The fourth-order valence-corrected chi connectivity index (χ4v) is 2.96. The Hall–Kier alpha value is -2.05. The highest BCUT2D eigenvalue weighted by atomic mass is 79.9. The Labute approximate surface area is 175 Å². The van der Waals surface area contributed by atoms with Crippen LogP contribution in [0.25, 0.3) is 0 Å². The van der Waals surface area contributed by atoms with Gasteiger partial charge in [0, 0.05) is 16.6 Å². The Balaban J connectivity index is 1.99. The van der Waals surface area contributed by atoms with Crippen molar-refractivity contribution in [3.8, 4) is 11.5 Å². The van der Waals surface area contributed by atoms with Crippen molar-refractivity contribution in [2.75, 3.05) is 31.7 Å². The summed E-state index contributed by atoms with van der Waals surface area (Å²) in [6.45, 7) is 9.74. The highest BCUT2D eigenvalue weighted by Gasteiger charge is 2.20. The zero-order chi connectivity index (χ0) is 20.6. The third-order valence-electron chi connectivity index (χ3n) is 3.96. The lowest BCUT2D eigenvalue weighted by molar-refractivity contribution is -0.118. The smallest absolute Gasteiger partial charge is 0.262 e. The molecule has 0 aliphatic heterocycles. The minimum Gasteiger partial charge on any atom is -0.489 e. The van der Waals surface area contributed by atoms with Gasteiger partial charge in [0.2, 0.25) is 0 Å². The maximum absolute atomic E-state index is 12.4. The summed E-state index contributed by atoms with van der Waals surface area (Å²) < 4.78 is 17.8. The van der Waals surface area contributed by atoms with Gasteiger partial charge in [-0.3, -0.25) is 4.79 Å². The zero-order valence-corrected chi connectivity index (χ0v) is 18.5. The maximum Gasteiger partial charge on any atom is 0.262 e. The fraction of sp³-hybridized carbons (Fsp3) is 0.409. The predicted octanol–water partition coefficient (Wildman–Crippen LogP) is 5.18. The van der Waals surface area contributed by atoms with Gasteiger partial charge in [-0.25, -0.2) is 0 Å². The average molecular weight is 450 g/mol. The molecule has 0 heterocycles. The molecule has 0 saturated heterocycles. The number of nitrogens with one attached hydrogen (secondary N) is 1. The molecule has 2 aromatic carbocycles. The highest BCUT2D eigenvalue weighted by Crippen LogP contribution is 2.33. The number of halogens is 1. The summed E-state index contributed by atoms with van der Waals surface area (Å²) in [5.41, 5.74) is 1.55. The quantitative estimate of drug-likeness (QED) is 0.535. The number of amides is 1. The molecule has 1 amide bonds. The largest absolute Gasteiger partial charge is 0.489 e. The Bertz CT molecular complexity index is 786. The summed E-state index contributed by atoms with van der Waals surface area (Å²) in [7, 11) is 0. The van der Waals surface area contributed by atoms with Gasteiger partial charge in [0.15, 0.2) is 6.61 Å². The number of carbonyl (C=O) groups is 1. The van der Waals surface area contributed by atoms with E-state index in [0.717, 1.165) is 10.0 Å². The van der Waals surface area contributed by atoms with Crippen LogP contribution in [-0.4, -0.2) is 32.3 Å². The summed E-state index contributed by atoms with van der Waals surface area (Å²) in [4.78, 5) is 12.4. The predicted molar refractivity (Wildman–Crippen MR) is 115 cm³/mol. The SMILES string of the molecule is CCOCCOc1ccccc1NC(=O)COc1ccc(Br)cc1C(C)(C)C. The van der Waals surface area contributed by atoms with E-state index in [1.54, 1.807) is 6.07 Å². The number of carbonyl (C=O) groups excluding carboxylic acids is 1. The summed E-state index contributed by atoms with van der Waals surface area (Å²) in [5.74, 6) is 1.06. The molecule has 0 atom stereocenters. The molecule has 6 heteroatoms. The van der Waals surface area contributed by atoms with Crippen LogP contribution in [0, 0.1) is 0 Å². The molecule has 2 aromatic rings. The molecular formula is C22H28BrNO4. The van der Waals surface area contributed by atoms with Crippen LogP contribution < -0.4 is 14.8 Å². The summed E-state index contributed by atoms with van der Waals surface area (Å²) in [5, 5.41) is 2.85. The van der Waals surface area contributed by atoms with Crippen molar-refractivity contribution in [2.24, 2.45) is 0 Å². The van der Waals surface area contributed by atoms with Crippen molar-refractivity contribution in [3.05, 3.63) is 52.5 Å². The van der Waals surface area contributed by atoms with Crippen molar-refractivity contribution in [2.45, 2.75) is 33.1 Å². The van der Waals surface area contributed by atoms with Crippen LogP contribution in [0.2, 0.25) is 0 Å². The van der Waals surface area contributed by atoms with E-state index in [4.69, 9.17) is 14.2 Å². The van der Waals surface area contributed by atoms with Gasteiger partial charge >= 0.3 is 0 Å². The van der Waals surface area contributed by atoms with Gasteiger partial charge in [0.1, 0.15) is 18.1 Å². The number of ether oxygens (including phenoxy) is 3. The van der Waals surface area contributed by atoms with Crippen molar-refractivity contribution in [1.82, 2.24) is 0 Å². The van der Waals surface area contributed by atoms with Crippen LogP contribution in [0.5, 0.6) is 11.5 Å². The molecule has 1 N–H and O–H groups in total. The molecule has 5 nitrogen and oxygen atoms in total. The number of anilines is 1. The van der Waals surface area contributed by atoms with Crippen LogP contribution >= 0.6 is 15.9 Å². The van der Waals surface area contributed by atoms with Crippen LogP contribution in [0.1, 0.15) is 33.3 Å². The van der Waals surface area contributed by atoms with Gasteiger partial charge in [-0.1, -0.05) is 48.8 Å². The lowest BCUT2D eigenvalue weighted by Crippen LogP contribution is -2.22. The molecule has 0 aliphatic rings. The Kier molecular flexibility index (Phi) is 8.33. The van der Waals surface area contributed by atoms with Crippen LogP contribution in [0.3, 0.4) is 0 Å². The van der Waals surface area contributed by atoms with Crippen molar-refractivity contribution in [3.63, 3.8) is 0 Å². The topological polar surface area (TPSA) is 56.8 Å². The second kappa shape index (κ2) is 10.5. The Morgan fingerprint density at radius 3 is 2.50 bits per heavy atom. The number of benzene rings is 2. The summed E-state index contributed by atoms with van der Waals surface area (Å²) in [6.07, 6.45) is 0. The maximum atomic E-state index is 12.4. The van der Waals surface area contributed by atoms with E-state index in [1.165, 1.54) is 0 Å². The van der Waals surface area contributed by atoms with Crippen molar-refractivity contribution < 1.29 is 19.0 Å². The number of para-hydroxylation sites is 2. The second-order valence-electron chi connectivity index (χ2n) is 7.27. The first-order valence-electron chi connectivity index (χ1n) is 9.33. The van der Waals surface area contributed by atoms with Gasteiger partial charge in [-0.2, -0.15) is 0 Å². The molecular weight excluding hydrogens is 422 g/mol. The zero-order valence-electron chi connectivity index (χ0n) is 16.9. The number of hydrogen-bond acceptors (Lipinski definition) is 4. The third-order valence-corrected chi connectivity index (χ3v) is 4.45. The molecule has 0 saturated carbocycles. The number of hydrogen-bond donors (Lipinski definition) is 1. The van der Waals surface area contributed by atoms with Gasteiger partial charge in [0.25, 0.3) is 5.91 Å². The first kappa shape index (κ1) is 22.2. The van der Waals surface area contributed by atoms with E-state index < -0.39 is 0 Å². The molecule has 0 spiro atoms. The highest BCUT2D eigenvalue weighted by molar-refractivity contribution is 9.10. The summed E-state index contributed by atoms with van der Waals surface area (Å²) in [6, 6.07) is 13.1. The van der Waals surface area contributed by atoms with Crippen molar-refractivity contribution >= 4 is 27.5 Å². The standard InChI is InChI=1S/C22H28BrNO4/c1-5-26-12-13-27-20-9-7-6-8-18(20)24-21(25)15-28-19-11-10-16(23)14-17(19)22(2,3)4/h6-11,14H,5,12-13,15H2,1-4H3,(H,24,25). The fourth-order valence-electron chi connectivity index (χ4n) is 2.59. The first-order chi connectivity index (χ1) is 13.3. The molecule has 0 aliphatic carbocycles. The molecule has 152 valence electrons. The van der Waals surface area contributed by atoms with Gasteiger partial charge in [0.05, 0.1) is 12.3 Å². The lowest BCUT2D eigenvalue weighted by atomic mass is 9.86. The minimum absolute atomic E-state index is 0.0853. The van der Waals surface area contributed by atoms with E-state index in [0.29, 0.717) is 37.0 Å². The molecule has 2 rings (SSSR count). The van der Waals surface area contributed by atoms with Gasteiger partial charge < -0.3 is 19.5 Å². The molecule has 0 aromatic heterocycles. The minimum atomic E-state index is -0.247. The lowest BCUT2D eigenvalue weighted by Gasteiger charge is -2.23. The third kappa shape index (κ3) is 6.84.